The predicted molar refractivity (Wildman–Crippen MR) is 57.6 cm³/mol. The van der Waals surface area contributed by atoms with E-state index in [-0.39, 0.29) is 17.7 Å². The van der Waals surface area contributed by atoms with Crippen LogP contribution in [-0.4, -0.2) is 11.3 Å². The quantitative estimate of drug-likeness (QED) is 0.805. The van der Waals surface area contributed by atoms with Gasteiger partial charge in [0, 0.05) is 17.0 Å². The maximum absolute atomic E-state index is 12.2. The van der Waals surface area contributed by atoms with Crippen LogP contribution in [0.25, 0.3) is 0 Å². The third-order valence-corrected chi connectivity index (χ3v) is 2.56. The van der Waals surface area contributed by atoms with Crippen molar-refractivity contribution in [1.82, 2.24) is 4.98 Å². The minimum atomic E-state index is -4.75. The molecule has 17 heavy (non-hydrogen) atoms. The maximum atomic E-state index is 12.2. The minimum Gasteiger partial charge on any atom is -0.405 e. The third-order valence-electron chi connectivity index (χ3n) is 1.99. The first-order valence-electron chi connectivity index (χ1n) is 4.55. The zero-order chi connectivity index (χ0) is 13.1. The van der Waals surface area contributed by atoms with Crippen molar-refractivity contribution < 1.29 is 17.9 Å². The number of hydrogen-bond donors (Lipinski definition) is 0. The molecular formula is C10H8BrF3N2O. The molecule has 0 bridgehead atoms. The van der Waals surface area contributed by atoms with Gasteiger partial charge in [0.05, 0.1) is 23.9 Å². The number of alkyl halides is 4. The van der Waals surface area contributed by atoms with Gasteiger partial charge in [-0.1, -0.05) is 15.9 Å². The van der Waals surface area contributed by atoms with Gasteiger partial charge in [-0.15, -0.1) is 13.2 Å². The summed E-state index contributed by atoms with van der Waals surface area (Å²) < 4.78 is 40.4. The molecule has 0 aliphatic carbocycles. The topological polar surface area (TPSA) is 45.9 Å². The van der Waals surface area contributed by atoms with Gasteiger partial charge in [-0.2, -0.15) is 5.26 Å². The van der Waals surface area contributed by atoms with Gasteiger partial charge in [-0.25, -0.2) is 0 Å². The molecule has 92 valence electrons. The van der Waals surface area contributed by atoms with Crippen molar-refractivity contribution >= 4 is 15.9 Å². The molecule has 0 aromatic carbocycles. The Morgan fingerprint density at radius 2 is 2.18 bits per heavy atom. The molecule has 0 atom stereocenters. The van der Waals surface area contributed by atoms with Gasteiger partial charge in [0.15, 0.2) is 0 Å². The van der Waals surface area contributed by atoms with Crippen LogP contribution in [0.5, 0.6) is 5.75 Å². The Morgan fingerprint density at radius 3 is 2.65 bits per heavy atom. The van der Waals surface area contributed by atoms with E-state index < -0.39 is 6.36 Å². The Bertz CT molecular complexity index is 454. The molecule has 0 saturated carbocycles. The van der Waals surface area contributed by atoms with Crippen LogP contribution in [0.1, 0.15) is 17.0 Å². The van der Waals surface area contributed by atoms with Crippen molar-refractivity contribution in [3.8, 4) is 11.8 Å². The Balaban J connectivity index is 3.20. The molecule has 1 rings (SSSR count). The highest BCUT2D eigenvalue weighted by atomic mass is 79.9. The van der Waals surface area contributed by atoms with Gasteiger partial charge < -0.3 is 4.74 Å². The largest absolute Gasteiger partial charge is 0.573 e. The SMILES string of the molecule is Cc1c(OC(F)(F)F)cc(CBr)nc1CC#N. The summed E-state index contributed by atoms with van der Waals surface area (Å²) in [6.45, 7) is 1.44. The standard InChI is InChI=1S/C10H8BrF3N2O/c1-6-8(2-3-15)16-7(5-11)4-9(6)17-10(12,13)14/h4H,2,5H2,1H3. The number of aromatic nitrogens is 1. The number of pyridine rings is 1. The fraction of sp³-hybridized carbons (Fsp3) is 0.400. The molecule has 0 aliphatic heterocycles. The van der Waals surface area contributed by atoms with E-state index in [1.54, 1.807) is 0 Å². The molecule has 0 radical (unpaired) electrons. The molecule has 0 spiro atoms. The Labute approximate surface area is 104 Å². The van der Waals surface area contributed by atoms with Gasteiger partial charge >= 0.3 is 6.36 Å². The van der Waals surface area contributed by atoms with Crippen molar-refractivity contribution in [3.05, 3.63) is 23.0 Å². The highest BCUT2D eigenvalue weighted by Gasteiger charge is 2.32. The summed E-state index contributed by atoms with van der Waals surface area (Å²) in [4.78, 5) is 4.05. The van der Waals surface area contributed by atoms with Gasteiger partial charge in [0.25, 0.3) is 0 Å². The van der Waals surface area contributed by atoms with E-state index >= 15 is 0 Å². The van der Waals surface area contributed by atoms with Crippen LogP contribution < -0.4 is 4.74 Å². The molecular weight excluding hydrogens is 301 g/mol. The molecule has 0 fully saturated rings. The average Bonchev–Trinajstić information content (AvgIpc) is 2.22. The molecule has 0 saturated heterocycles. The maximum Gasteiger partial charge on any atom is 0.573 e. The monoisotopic (exact) mass is 308 g/mol. The molecule has 1 aromatic heterocycles. The normalized spacial score (nSPS) is 11.1. The zero-order valence-corrected chi connectivity index (χ0v) is 10.4. The second kappa shape index (κ2) is 5.36. The highest BCUT2D eigenvalue weighted by Crippen LogP contribution is 2.28. The first-order chi connectivity index (χ1) is 7.87. The van der Waals surface area contributed by atoms with Crippen LogP contribution in [0.2, 0.25) is 0 Å². The third kappa shape index (κ3) is 3.89. The first-order valence-corrected chi connectivity index (χ1v) is 5.67. The predicted octanol–water partition coefficient (Wildman–Crippen LogP) is 3.25. The fourth-order valence-electron chi connectivity index (χ4n) is 1.24. The smallest absolute Gasteiger partial charge is 0.405 e. The number of halogens is 4. The van der Waals surface area contributed by atoms with Gasteiger partial charge in [-0.3, -0.25) is 4.98 Å². The summed E-state index contributed by atoms with van der Waals surface area (Å²) in [6.07, 6.45) is -4.81. The van der Waals surface area contributed by atoms with E-state index in [1.165, 1.54) is 13.0 Å². The lowest BCUT2D eigenvalue weighted by Crippen LogP contribution is -2.18. The second-order valence-electron chi connectivity index (χ2n) is 3.20. The van der Waals surface area contributed by atoms with Gasteiger partial charge in [0.2, 0.25) is 0 Å². The Hall–Kier alpha value is -1.29. The number of ether oxygens (including phenoxy) is 1. The summed E-state index contributed by atoms with van der Waals surface area (Å²) in [5, 5.41) is 8.86. The summed E-state index contributed by atoms with van der Waals surface area (Å²) in [5.74, 6) is -0.313. The van der Waals surface area contributed by atoms with Crippen molar-refractivity contribution in [2.75, 3.05) is 0 Å². The van der Waals surface area contributed by atoms with Crippen LogP contribution in [-0.2, 0) is 11.8 Å². The van der Waals surface area contributed by atoms with Gasteiger partial charge in [-0.05, 0) is 6.92 Å². The highest BCUT2D eigenvalue weighted by molar-refractivity contribution is 9.08. The van der Waals surface area contributed by atoms with Crippen molar-refractivity contribution in [2.24, 2.45) is 0 Å². The van der Waals surface area contributed by atoms with Crippen LogP contribution in [0.4, 0.5) is 13.2 Å². The molecule has 0 amide bonds. The van der Waals surface area contributed by atoms with Crippen molar-refractivity contribution in [2.45, 2.75) is 25.0 Å². The second-order valence-corrected chi connectivity index (χ2v) is 3.76. The van der Waals surface area contributed by atoms with Gasteiger partial charge in [0.1, 0.15) is 5.75 Å². The number of nitrogens with zero attached hydrogens (tertiary/aromatic N) is 2. The average molecular weight is 309 g/mol. The Morgan fingerprint density at radius 1 is 1.53 bits per heavy atom. The molecule has 7 heteroatoms. The van der Waals surface area contributed by atoms with Crippen molar-refractivity contribution in [1.29, 1.82) is 5.26 Å². The number of hydrogen-bond acceptors (Lipinski definition) is 3. The lowest BCUT2D eigenvalue weighted by atomic mass is 10.1. The summed E-state index contributed by atoms with van der Waals surface area (Å²) in [6, 6.07) is 3.06. The molecule has 0 N–H and O–H groups in total. The van der Waals surface area contributed by atoms with E-state index in [4.69, 9.17) is 5.26 Å². The Kier molecular flexibility index (Phi) is 4.34. The van der Waals surface area contributed by atoms with Crippen LogP contribution in [0.3, 0.4) is 0 Å². The summed E-state index contributed by atoms with van der Waals surface area (Å²) in [5.41, 5.74) is 0.914. The lowest BCUT2D eigenvalue weighted by Gasteiger charge is -2.14. The van der Waals surface area contributed by atoms with E-state index in [0.717, 1.165) is 0 Å². The van der Waals surface area contributed by atoms with Crippen LogP contribution in [0.15, 0.2) is 6.07 Å². The number of nitriles is 1. The van der Waals surface area contributed by atoms with E-state index in [2.05, 4.69) is 25.7 Å². The molecule has 3 nitrogen and oxygen atoms in total. The molecule has 0 aliphatic rings. The van der Waals surface area contributed by atoms with Crippen LogP contribution in [0, 0.1) is 18.3 Å². The summed E-state index contributed by atoms with van der Waals surface area (Å²) in [7, 11) is 0. The lowest BCUT2D eigenvalue weighted by molar-refractivity contribution is -0.274. The zero-order valence-electron chi connectivity index (χ0n) is 8.81. The molecule has 0 unspecified atom stereocenters. The van der Waals surface area contributed by atoms with E-state index in [0.29, 0.717) is 16.7 Å². The number of rotatable bonds is 3. The summed E-state index contributed by atoms with van der Waals surface area (Å²) >= 11 is 3.10. The van der Waals surface area contributed by atoms with E-state index in [1.807, 2.05) is 6.07 Å². The molecule has 1 aromatic rings. The van der Waals surface area contributed by atoms with Crippen molar-refractivity contribution in [3.63, 3.8) is 0 Å². The molecule has 1 heterocycles. The fourth-order valence-corrected chi connectivity index (χ4v) is 1.52. The first kappa shape index (κ1) is 13.8. The van der Waals surface area contributed by atoms with Crippen LogP contribution >= 0.6 is 15.9 Å². The van der Waals surface area contributed by atoms with E-state index in [9.17, 15) is 13.2 Å². The minimum absolute atomic E-state index is 0.0547.